The number of esters is 1. The summed E-state index contributed by atoms with van der Waals surface area (Å²) in [6, 6.07) is 9.90. The molecule has 112 valence electrons. The highest BCUT2D eigenvalue weighted by molar-refractivity contribution is 5.69. The highest BCUT2D eigenvalue weighted by atomic mass is 16.6. The number of carbonyl (C=O) groups excluding carboxylic acids is 2. The maximum absolute atomic E-state index is 10.8. The van der Waals surface area contributed by atoms with E-state index in [0.29, 0.717) is 6.42 Å². The Hall–Kier alpha value is -2.04. The first kappa shape index (κ1) is 18.0. The van der Waals surface area contributed by atoms with Gasteiger partial charge in [-0.3, -0.25) is 4.79 Å². The average Bonchev–Trinajstić information content (AvgIpc) is 2.35. The molecule has 0 radical (unpaired) electrons. The Morgan fingerprint density at radius 2 is 1.70 bits per heavy atom. The van der Waals surface area contributed by atoms with Crippen LogP contribution in [0.15, 0.2) is 30.3 Å². The summed E-state index contributed by atoms with van der Waals surface area (Å²) in [5.41, 5.74) is 5.43. The van der Waals surface area contributed by atoms with Crippen molar-refractivity contribution in [2.45, 2.75) is 39.2 Å². The maximum atomic E-state index is 10.8. The van der Waals surface area contributed by atoms with E-state index in [0.717, 1.165) is 6.42 Å². The number of methoxy groups -OCH3 is 1. The van der Waals surface area contributed by atoms with Crippen LogP contribution in [0.2, 0.25) is 0 Å². The van der Waals surface area contributed by atoms with Crippen LogP contribution >= 0.6 is 0 Å². The topological polar surface area (TPSA) is 78.6 Å². The molecule has 20 heavy (non-hydrogen) atoms. The van der Waals surface area contributed by atoms with Crippen molar-refractivity contribution in [2.24, 2.45) is 5.73 Å². The van der Waals surface area contributed by atoms with Crippen molar-refractivity contribution < 1.29 is 19.1 Å². The highest BCUT2D eigenvalue weighted by Crippen LogP contribution is 2.05. The minimum Gasteiger partial charge on any atom is -0.469 e. The largest absolute Gasteiger partial charge is 0.469 e. The van der Waals surface area contributed by atoms with Crippen LogP contribution in [0.3, 0.4) is 0 Å². The Labute approximate surface area is 120 Å². The molecular formula is C15H23NO4. The van der Waals surface area contributed by atoms with Gasteiger partial charge in [-0.25, -0.2) is 4.79 Å². The number of nitrogens with two attached hydrogens (primary N) is 1. The molecule has 1 aromatic rings. The predicted molar refractivity (Wildman–Crippen MR) is 77.2 cm³/mol. The smallest absolute Gasteiger partial charge is 0.405 e. The highest BCUT2D eigenvalue weighted by Gasteiger charge is 2.12. The van der Waals surface area contributed by atoms with Crippen LogP contribution < -0.4 is 5.73 Å². The monoisotopic (exact) mass is 281 g/mol. The van der Waals surface area contributed by atoms with Crippen LogP contribution in [-0.4, -0.2) is 24.8 Å². The molecule has 0 atom stereocenters. The molecule has 0 fully saturated rings. The van der Waals surface area contributed by atoms with Crippen LogP contribution in [0.4, 0.5) is 4.79 Å². The SMILES string of the molecule is CC(C)(C)OC(N)=O.COC(=O)CCc1ccccc1. The summed E-state index contributed by atoms with van der Waals surface area (Å²) in [6.07, 6.45) is 0.492. The molecule has 0 unspecified atom stereocenters. The molecule has 2 N–H and O–H groups in total. The van der Waals surface area contributed by atoms with E-state index >= 15 is 0 Å². The zero-order valence-electron chi connectivity index (χ0n) is 12.5. The van der Waals surface area contributed by atoms with Gasteiger partial charge in [0.1, 0.15) is 5.60 Å². The van der Waals surface area contributed by atoms with Gasteiger partial charge in [-0.05, 0) is 32.8 Å². The molecule has 1 amide bonds. The fraction of sp³-hybridized carbons (Fsp3) is 0.467. The fourth-order valence-corrected chi connectivity index (χ4v) is 1.29. The molecule has 0 bridgehead atoms. The van der Waals surface area contributed by atoms with Crippen molar-refractivity contribution in [1.82, 2.24) is 0 Å². The molecule has 0 saturated heterocycles. The summed E-state index contributed by atoms with van der Waals surface area (Å²) in [7, 11) is 1.41. The summed E-state index contributed by atoms with van der Waals surface area (Å²) in [5, 5.41) is 0. The molecular weight excluding hydrogens is 258 g/mol. The first-order valence-electron chi connectivity index (χ1n) is 6.34. The van der Waals surface area contributed by atoms with Crippen LogP contribution in [-0.2, 0) is 20.7 Å². The zero-order chi connectivity index (χ0) is 15.6. The normalized spacial score (nSPS) is 10.0. The van der Waals surface area contributed by atoms with Gasteiger partial charge < -0.3 is 15.2 Å². The van der Waals surface area contributed by atoms with Gasteiger partial charge in [0, 0.05) is 6.42 Å². The van der Waals surface area contributed by atoms with Crippen LogP contribution in [0.1, 0.15) is 32.8 Å². The van der Waals surface area contributed by atoms with Crippen LogP contribution in [0.5, 0.6) is 0 Å². The minimum absolute atomic E-state index is 0.154. The number of amides is 1. The number of carbonyl (C=O) groups is 2. The van der Waals surface area contributed by atoms with Crippen LogP contribution in [0.25, 0.3) is 0 Å². The van der Waals surface area contributed by atoms with Crippen molar-refractivity contribution in [1.29, 1.82) is 0 Å². The lowest BCUT2D eigenvalue weighted by Crippen LogP contribution is -2.27. The fourth-order valence-electron chi connectivity index (χ4n) is 1.29. The van der Waals surface area contributed by atoms with E-state index in [-0.39, 0.29) is 5.97 Å². The summed E-state index contributed by atoms with van der Waals surface area (Å²) < 4.78 is 9.11. The Bertz CT molecular complexity index is 410. The van der Waals surface area contributed by atoms with Crippen molar-refractivity contribution in [3.8, 4) is 0 Å². The lowest BCUT2D eigenvalue weighted by atomic mass is 10.1. The summed E-state index contributed by atoms with van der Waals surface area (Å²) >= 11 is 0. The molecule has 0 heterocycles. The van der Waals surface area contributed by atoms with Gasteiger partial charge in [0.2, 0.25) is 0 Å². The lowest BCUT2D eigenvalue weighted by Gasteiger charge is -2.16. The van der Waals surface area contributed by atoms with E-state index in [1.165, 1.54) is 12.7 Å². The first-order chi connectivity index (χ1) is 9.24. The van der Waals surface area contributed by atoms with Gasteiger partial charge in [0.25, 0.3) is 0 Å². The molecule has 0 spiro atoms. The standard InChI is InChI=1S/C10H12O2.C5H11NO2/c1-12-10(11)8-7-9-5-3-2-4-6-9;1-5(2,3)8-4(6)7/h2-6H,7-8H2,1H3;1-3H3,(H2,6,7). The Morgan fingerprint density at radius 1 is 1.15 bits per heavy atom. The number of benzene rings is 1. The number of hydrogen-bond donors (Lipinski definition) is 1. The van der Waals surface area contributed by atoms with Gasteiger partial charge in [-0.1, -0.05) is 30.3 Å². The predicted octanol–water partition coefficient (Wildman–Crippen LogP) is 2.67. The van der Waals surface area contributed by atoms with Crippen molar-refractivity contribution in [3.05, 3.63) is 35.9 Å². The Morgan fingerprint density at radius 3 is 2.05 bits per heavy atom. The Kier molecular flexibility index (Phi) is 8.04. The number of hydrogen-bond acceptors (Lipinski definition) is 4. The van der Waals surface area contributed by atoms with E-state index < -0.39 is 11.7 Å². The second-order valence-electron chi connectivity index (χ2n) is 5.10. The number of aryl methyl sites for hydroxylation is 1. The third-order valence-corrected chi connectivity index (χ3v) is 2.10. The van der Waals surface area contributed by atoms with Crippen molar-refractivity contribution in [3.63, 3.8) is 0 Å². The van der Waals surface area contributed by atoms with Gasteiger partial charge in [0.05, 0.1) is 7.11 Å². The quantitative estimate of drug-likeness (QED) is 0.864. The number of rotatable bonds is 3. The van der Waals surface area contributed by atoms with Crippen LogP contribution in [0, 0.1) is 0 Å². The molecule has 5 heteroatoms. The first-order valence-corrected chi connectivity index (χ1v) is 6.34. The second-order valence-corrected chi connectivity index (χ2v) is 5.10. The third kappa shape index (κ3) is 11.1. The van der Waals surface area contributed by atoms with Gasteiger partial charge in [-0.15, -0.1) is 0 Å². The van der Waals surface area contributed by atoms with Gasteiger partial charge in [-0.2, -0.15) is 0 Å². The molecule has 1 aromatic carbocycles. The van der Waals surface area contributed by atoms with Crippen molar-refractivity contribution in [2.75, 3.05) is 7.11 Å². The van der Waals surface area contributed by atoms with E-state index in [1.54, 1.807) is 20.8 Å². The summed E-state index contributed by atoms with van der Waals surface area (Å²) in [4.78, 5) is 20.8. The summed E-state index contributed by atoms with van der Waals surface area (Å²) in [6.45, 7) is 5.28. The van der Waals surface area contributed by atoms with E-state index in [1.807, 2.05) is 30.3 Å². The molecule has 0 saturated carbocycles. The van der Waals surface area contributed by atoms with Gasteiger partial charge in [0.15, 0.2) is 0 Å². The number of primary amides is 1. The number of ether oxygens (including phenoxy) is 2. The average molecular weight is 281 g/mol. The maximum Gasteiger partial charge on any atom is 0.405 e. The molecule has 0 aliphatic carbocycles. The van der Waals surface area contributed by atoms with Gasteiger partial charge >= 0.3 is 12.1 Å². The Balaban J connectivity index is 0.000000396. The molecule has 0 aliphatic rings. The lowest BCUT2D eigenvalue weighted by molar-refractivity contribution is -0.140. The second kappa shape index (κ2) is 8.96. The third-order valence-electron chi connectivity index (χ3n) is 2.10. The van der Waals surface area contributed by atoms with E-state index in [2.05, 4.69) is 9.47 Å². The van der Waals surface area contributed by atoms with Crippen molar-refractivity contribution >= 4 is 12.1 Å². The zero-order valence-corrected chi connectivity index (χ0v) is 12.5. The molecule has 0 aliphatic heterocycles. The molecule has 0 aromatic heterocycles. The van der Waals surface area contributed by atoms with E-state index in [9.17, 15) is 9.59 Å². The minimum atomic E-state index is -0.725. The molecule has 5 nitrogen and oxygen atoms in total. The summed E-state index contributed by atoms with van der Waals surface area (Å²) in [5.74, 6) is -0.154. The van der Waals surface area contributed by atoms with E-state index in [4.69, 9.17) is 5.73 Å². The molecule has 1 rings (SSSR count).